The van der Waals surface area contributed by atoms with Crippen molar-refractivity contribution < 1.29 is 0 Å². The number of benzene rings is 2. The maximum absolute atomic E-state index is 6.23. The first-order valence-corrected chi connectivity index (χ1v) is 7.66. The number of aryl methyl sites for hydroxylation is 1. The van der Waals surface area contributed by atoms with Gasteiger partial charge in [-0.05, 0) is 37.3 Å². The van der Waals surface area contributed by atoms with E-state index in [1.54, 1.807) is 0 Å². The van der Waals surface area contributed by atoms with E-state index in [9.17, 15) is 0 Å². The van der Waals surface area contributed by atoms with Gasteiger partial charge >= 0.3 is 0 Å². The predicted octanol–water partition coefficient (Wildman–Crippen LogP) is 5.46. The largest absolute Gasteiger partial charge is 0.260 e. The number of hydrogen-bond donors (Lipinski definition) is 0. The number of hydrogen-bond acceptors (Lipinski definition) is 1. The van der Waals surface area contributed by atoms with E-state index in [0.29, 0.717) is 16.6 Å². The van der Waals surface area contributed by atoms with Crippen LogP contribution in [0, 0.1) is 6.92 Å². The highest BCUT2D eigenvalue weighted by molar-refractivity contribution is 9.10. The molecule has 5 heteroatoms. The van der Waals surface area contributed by atoms with Gasteiger partial charge in [-0.25, -0.2) is 0 Å². The van der Waals surface area contributed by atoms with Crippen LogP contribution in [0.3, 0.4) is 0 Å². The van der Waals surface area contributed by atoms with Crippen molar-refractivity contribution in [1.29, 1.82) is 0 Å². The highest BCUT2D eigenvalue weighted by atomic mass is 79.9. The van der Waals surface area contributed by atoms with E-state index in [1.165, 1.54) is 0 Å². The third-order valence-electron chi connectivity index (χ3n) is 3.27. The molecule has 3 aromatic rings. The third-order valence-corrected chi connectivity index (χ3v) is 4.47. The lowest BCUT2D eigenvalue weighted by Gasteiger charge is -2.08. The van der Waals surface area contributed by atoms with E-state index >= 15 is 0 Å². The zero-order chi connectivity index (χ0) is 14.3. The fourth-order valence-corrected chi connectivity index (χ4v) is 3.13. The fraction of sp³-hybridized carbons (Fsp3) is 0.133. The Kier molecular flexibility index (Phi) is 3.76. The van der Waals surface area contributed by atoms with Crippen molar-refractivity contribution in [3.63, 3.8) is 0 Å². The lowest BCUT2D eigenvalue weighted by Crippen LogP contribution is -2.03. The highest BCUT2D eigenvalue weighted by Gasteiger charge is 2.11. The van der Waals surface area contributed by atoms with Crippen molar-refractivity contribution in [2.75, 3.05) is 0 Å². The minimum absolute atomic E-state index is 0.555. The van der Waals surface area contributed by atoms with Crippen molar-refractivity contribution in [3.05, 3.63) is 62.2 Å². The molecule has 0 unspecified atom stereocenters. The van der Waals surface area contributed by atoms with Crippen molar-refractivity contribution in [2.45, 2.75) is 13.5 Å². The molecule has 0 aliphatic rings. The summed E-state index contributed by atoms with van der Waals surface area (Å²) in [5, 5.41) is 7.04. The van der Waals surface area contributed by atoms with Crippen LogP contribution in [0.2, 0.25) is 10.0 Å². The molecule has 2 aromatic carbocycles. The zero-order valence-corrected chi connectivity index (χ0v) is 13.8. The summed E-state index contributed by atoms with van der Waals surface area (Å²) in [6, 6.07) is 11.7. The van der Waals surface area contributed by atoms with Crippen LogP contribution in [-0.2, 0) is 6.54 Å². The number of nitrogens with zero attached hydrogens (tertiary/aromatic N) is 2. The zero-order valence-electron chi connectivity index (χ0n) is 10.7. The Labute approximate surface area is 135 Å². The summed E-state index contributed by atoms with van der Waals surface area (Å²) in [7, 11) is 0. The summed E-state index contributed by atoms with van der Waals surface area (Å²) in [4.78, 5) is 0. The maximum atomic E-state index is 6.23. The van der Waals surface area contributed by atoms with Crippen molar-refractivity contribution in [2.24, 2.45) is 0 Å². The van der Waals surface area contributed by atoms with Gasteiger partial charge in [-0.15, -0.1) is 0 Å². The number of rotatable bonds is 2. The summed E-state index contributed by atoms with van der Waals surface area (Å²) in [6.07, 6.45) is 0. The Morgan fingerprint density at radius 3 is 2.55 bits per heavy atom. The Morgan fingerprint density at radius 2 is 1.85 bits per heavy atom. The monoisotopic (exact) mass is 368 g/mol. The molecule has 0 amide bonds. The van der Waals surface area contributed by atoms with Crippen LogP contribution in [-0.4, -0.2) is 9.78 Å². The van der Waals surface area contributed by atoms with Crippen molar-refractivity contribution in [3.8, 4) is 0 Å². The van der Waals surface area contributed by atoms with E-state index < -0.39 is 0 Å². The predicted molar refractivity (Wildman–Crippen MR) is 87.7 cm³/mol. The molecule has 0 bridgehead atoms. The first-order chi connectivity index (χ1) is 9.56. The molecule has 0 saturated carbocycles. The minimum Gasteiger partial charge on any atom is -0.260 e. The summed E-state index contributed by atoms with van der Waals surface area (Å²) in [5.41, 5.74) is 2.95. The number of halogens is 3. The molecule has 3 rings (SSSR count). The summed E-state index contributed by atoms with van der Waals surface area (Å²) >= 11 is 16.0. The molecule has 1 heterocycles. The smallest absolute Gasteiger partial charge is 0.0700 e. The first-order valence-electron chi connectivity index (χ1n) is 6.12. The van der Waals surface area contributed by atoms with Gasteiger partial charge in [0.2, 0.25) is 0 Å². The summed E-state index contributed by atoms with van der Waals surface area (Å²) in [6.45, 7) is 2.56. The standard InChI is InChI=1S/C15H11BrCl2N2/c1-9-11-6-5-10(16)7-15(11)20(19-9)8-12-13(17)3-2-4-14(12)18/h2-7H,8H2,1H3. The van der Waals surface area contributed by atoms with E-state index in [0.717, 1.165) is 26.6 Å². The molecule has 0 N–H and O–H groups in total. The van der Waals surface area contributed by atoms with E-state index in [1.807, 2.05) is 35.9 Å². The number of fused-ring (bicyclic) bond motifs is 1. The maximum Gasteiger partial charge on any atom is 0.0700 e. The van der Waals surface area contributed by atoms with Gasteiger partial charge in [0.1, 0.15) is 0 Å². The van der Waals surface area contributed by atoms with Gasteiger partial charge in [0.25, 0.3) is 0 Å². The molecule has 0 fully saturated rings. The summed E-state index contributed by atoms with van der Waals surface area (Å²) < 4.78 is 2.96. The van der Waals surface area contributed by atoms with Gasteiger partial charge in [-0.2, -0.15) is 5.10 Å². The molecule has 0 radical (unpaired) electrons. The molecular weight excluding hydrogens is 359 g/mol. The second-order valence-electron chi connectivity index (χ2n) is 4.60. The second-order valence-corrected chi connectivity index (χ2v) is 6.33. The van der Waals surface area contributed by atoms with Crippen LogP contribution in [0.5, 0.6) is 0 Å². The molecule has 1 aromatic heterocycles. The quantitative estimate of drug-likeness (QED) is 0.586. The van der Waals surface area contributed by atoms with Gasteiger partial charge in [-0.3, -0.25) is 4.68 Å². The SMILES string of the molecule is Cc1nn(Cc2c(Cl)cccc2Cl)c2cc(Br)ccc12. The van der Waals surface area contributed by atoms with Crippen LogP contribution in [0.25, 0.3) is 10.9 Å². The average molecular weight is 370 g/mol. The molecular formula is C15H11BrCl2N2. The molecule has 0 aliphatic heterocycles. The topological polar surface area (TPSA) is 17.8 Å². The molecule has 0 aliphatic carbocycles. The molecule has 2 nitrogen and oxygen atoms in total. The lowest BCUT2D eigenvalue weighted by molar-refractivity contribution is 0.703. The normalized spacial score (nSPS) is 11.2. The Morgan fingerprint density at radius 1 is 1.15 bits per heavy atom. The van der Waals surface area contributed by atoms with Crippen LogP contribution in [0.4, 0.5) is 0 Å². The first kappa shape index (κ1) is 13.9. The molecule has 102 valence electrons. The highest BCUT2D eigenvalue weighted by Crippen LogP contribution is 2.28. The van der Waals surface area contributed by atoms with E-state index in [-0.39, 0.29) is 0 Å². The summed E-state index contributed by atoms with van der Waals surface area (Å²) in [5.74, 6) is 0. The molecule has 20 heavy (non-hydrogen) atoms. The van der Waals surface area contributed by atoms with Crippen molar-refractivity contribution in [1.82, 2.24) is 9.78 Å². The molecule has 0 saturated heterocycles. The third kappa shape index (κ3) is 2.46. The lowest BCUT2D eigenvalue weighted by atomic mass is 10.2. The van der Waals surface area contributed by atoms with Gasteiger partial charge in [0.05, 0.1) is 17.8 Å². The average Bonchev–Trinajstić information content (AvgIpc) is 2.70. The fourth-order valence-electron chi connectivity index (χ4n) is 2.27. The second kappa shape index (κ2) is 5.40. The molecule has 0 atom stereocenters. The van der Waals surface area contributed by atoms with Gasteiger partial charge in [0.15, 0.2) is 0 Å². The van der Waals surface area contributed by atoms with Gasteiger partial charge < -0.3 is 0 Å². The Hall–Kier alpha value is -1.03. The van der Waals surface area contributed by atoms with E-state index in [4.69, 9.17) is 23.2 Å². The van der Waals surface area contributed by atoms with Crippen LogP contribution < -0.4 is 0 Å². The number of aromatic nitrogens is 2. The van der Waals surface area contributed by atoms with E-state index in [2.05, 4.69) is 33.2 Å². The Balaban J connectivity index is 2.14. The Bertz CT molecular complexity index is 776. The minimum atomic E-state index is 0.555. The van der Waals surface area contributed by atoms with Crippen LogP contribution >= 0.6 is 39.1 Å². The van der Waals surface area contributed by atoms with Gasteiger partial charge in [0, 0.05) is 25.5 Å². The van der Waals surface area contributed by atoms with Crippen LogP contribution in [0.1, 0.15) is 11.3 Å². The van der Waals surface area contributed by atoms with Crippen molar-refractivity contribution >= 4 is 50.0 Å². The van der Waals surface area contributed by atoms with Crippen LogP contribution in [0.15, 0.2) is 40.9 Å². The molecule has 0 spiro atoms. The van der Waals surface area contributed by atoms with Gasteiger partial charge in [-0.1, -0.05) is 45.2 Å².